The first kappa shape index (κ1) is 15.8. The number of aromatic hydroxyl groups is 1. The fraction of sp³-hybridized carbons (Fsp3) is 0.200. The Morgan fingerprint density at radius 1 is 1.18 bits per heavy atom. The van der Waals surface area contributed by atoms with E-state index >= 15 is 0 Å². The summed E-state index contributed by atoms with van der Waals surface area (Å²) in [7, 11) is 0. The number of benzene rings is 1. The van der Waals surface area contributed by atoms with E-state index in [0.29, 0.717) is 0 Å². The average molecular weight is 310 g/mol. The molecule has 4 nitrogen and oxygen atoms in total. The number of carbonyl (C=O) groups is 1. The van der Waals surface area contributed by atoms with Crippen molar-refractivity contribution in [1.29, 1.82) is 0 Å². The van der Waals surface area contributed by atoms with Crippen LogP contribution in [0, 0.1) is 13.8 Å². The highest BCUT2D eigenvalue weighted by atomic mass is 19.4. The molecule has 0 saturated carbocycles. The molecule has 0 fully saturated rings. The summed E-state index contributed by atoms with van der Waals surface area (Å²) in [5, 5.41) is 12.1. The Morgan fingerprint density at radius 2 is 1.86 bits per heavy atom. The van der Waals surface area contributed by atoms with E-state index in [1.165, 1.54) is 13.0 Å². The Balaban J connectivity index is 2.29. The highest BCUT2D eigenvalue weighted by Gasteiger charge is 2.33. The van der Waals surface area contributed by atoms with Crippen LogP contribution < -0.4 is 5.32 Å². The van der Waals surface area contributed by atoms with Crippen LogP contribution in [-0.4, -0.2) is 16.0 Å². The summed E-state index contributed by atoms with van der Waals surface area (Å²) in [4.78, 5) is 15.5. The van der Waals surface area contributed by atoms with Crippen molar-refractivity contribution in [2.45, 2.75) is 20.0 Å². The van der Waals surface area contributed by atoms with Crippen molar-refractivity contribution >= 4 is 11.6 Å². The lowest BCUT2D eigenvalue weighted by atomic mass is 10.1. The zero-order chi connectivity index (χ0) is 16.5. The Morgan fingerprint density at radius 3 is 2.45 bits per heavy atom. The number of aromatic nitrogens is 1. The number of hydrogen-bond donors (Lipinski definition) is 2. The number of aryl methyl sites for hydroxylation is 2. The molecule has 1 aromatic carbocycles. The van der Waals surface area contributed by atoms with Gasteiger partial charge < -0.3 is 10.4 Å². The van der Waals surface area contributed by atoms with Gasteiger partial charge in [0.25, 0.3) is 5.91 Å². The molecule has 0 unspecified atom stereocenters. The largest absolute Gasteiger partial charge is 0.506 e. The molecule has 0 spiro atoms. The molecule has 2 rings (SSSR count). The van der Waals surface area contributed by atoms with Crippen LogP contribution in [-0.2, 0) is 6.18 Å². The molecule has 1 aromatic heterocycles. The van der Waals surface area contributed by atoms with Crippen molar-refractivity contribution < 1.29 is 23.1 Å². The first-order chi connectivity index (χ1) is 10.2. The standard InChI is InChI=1S/C15H13F3N2O2/c1-8-3-5-12(21)11(7-8)20-14(22)10-4-6-13(15(16,17)18)19-9(10)2/h3-7,21H,1-2H3,(H,20,22). The van der Waals surface area contributed by atoms with Crippen molar-refractivity contribution in [1.82, 2.24) is 4.98 Å². The number of rotatable bonds is 2. The quantitative estimate of drug-likeness (QED) is 0.832. The van der Waals surface area contributed by atoms with Crippen LogP contribution >= 0.6 is 0 Å². The van der Waals surface area contributed by atoms with Gasteiger partial charge in [-0.25, -0.2) is 4.98 Å². The third-order valence-electron chi connectivity index (χ3n) is 3.02. The molecule has 0 saturated heterocycles. The highest BCUT2D eigenvalue weighted by Crippen LogP contribution is 2.29. The maximum absolute atomic E-state index is 12.5. The molecule has 0 atom stereocenters. The molecule has 2 aromatic rings. The van der Waals surface area contributed by atoms with Gasteiger partial charge >= 0.3 is 6.18 Å². The molecule has 0 radical (unpaired) electrons. The number of alkyl halides is 3. The molecule has 0 aliphatic carbocycles. The van der Waals surface area contributed by atoms with Crippen molar-refractivity contribution in [2.24, 2.45) is 0 Å². The van der Waals surface area contributed by atoms with E-state index in [0.717, 1.165) is 17.7 Å². The molecular weight excluding hydrogens is 297 g/mol. The van der Waals surface area contributed by atoms with Crippen LogP contribution in [0.5, 0.6) is 5.75 Å². The number of amides is 1. The van der Waals surface area contributed by atoms with Crippen LogP contribution in [0.25, 0.3) is 0 Å². The maximum Gasteiger partial charge on any atom is 0.433 e. The fourth-order valence-electron chi connectivity index (χ4n) is 1.90. The second-order valence-corrected chi connectivity index (χ2v) is 4.80. The van der Waals surface area contributed by atoms with Crippen molar-refractivity contribution in [3.05, 3.63) is 52.8 Å². The molecule has 1 heterocycles. The third-order valence-corrected chi connectivity index (χ3v) is 3.02. The van der Waals surface area contributed by atoms with Gasteiger partial charge in [-0.1, -0.05) is 6.07 Å². The molecule has 0 aliphatic heterocycles. The van der Waals surface area contributed by atoms with E-state index in [9.17, 15) is 23.1 Å². The smallest absolute Gasteiger partial charge is 0.433 e. The Hall–Kier alpha value is -2.57. The van der Waals surface area contributed by atoms with Crippen LogP contribution in [0.2, 0.25) is 0 Å². The summed E-state index contributed by atoms with van der Waals surface area (Å²) in [5.41, 5.74) is -0.0898. The SMILES string of the molecule is Cc1ccc(O)c(NC(=O)c2ccc(C(F)(F)F)nc2C)c1. The zero-order valence-corrected chi connectivity index (χ0v) is 11.8. The van der Waals surface area contributed by atoms with Gasteiger partial charge in [0.05, 0.1) is 16.9 Å². The van der Waals surface area contributed by atoms with Gasteiger partial charge in [0.15, 0.2) is 0 Å². The molecular formula is C15H13F3N2O2. The number of phenolic OH excluding ortho intramolecular Hbond substituents is 1. The van der Waals surface area contributed by atoms with Gasteiger partial charge in [0, 0.05) is 0 Å². The van der Waals surface area contributed by atoms with Crippen molar-refractivity contribution in [3.8, 4) is 5.75 Å². The molecule has 116 valence electrons. The van der Waals surface area contributed by atoms with Gasteiger partial charge in [0.2, 0.25) is 0 Å². The summed E-state index contributed by atoms with van der Waals surface area (Å²) in [6, 6.07) is 6.45. The predicted octanol–water partition coefficient (Wildman–Crippen LogP) is 3.68. The summed E-state index contributed by atoms with van der Waals surface area (Å²) < 4.78 is 37.6. The van der Waals surface area contributed by atoms with E-state index in [4.69, 9.17) is 0 Å². The number of hydrogen-bond acceptors (Lipinski definition) is 3. The Labute approximate surface area is 124 Å². The van der Waals surface area contributed by atoms with E-state index in [-0.39, 0.29) is 22.7 Å². The van der Waals surface area contributed by atoms with Crippen LogP contribution in [0.4, 0.5) is 18.9 Å². The summed E-state index contributed by atoms with van der Waals surface area (Å²) in [6.07, 6.45) is -4.56. The summed E-state index contributed by atoms with van der Waals surface area (Å²) in [5.74, 6) is -0.768. The van der Waals surface area contributed by atoms with Gasteiger partial charge in [-0.05, 0) is 43.7 Å². The number of nitrogens with one attached hydrogen (secondary N) is 1. The number of nitrogens with zero attached hydrogens (tertiary/aromatic N) is 1. The van der Waals surface area contributed by atoms with Gasteiger partial charge in [-0.15, -0.1) is 0 Å². The maximum atomic E-state index is 12.5. The molecule has 0 bridgehead atoms. The number of anilines is 1. The normalized spacial score (nSPS) is 11.3. The second kappa shape index (κ2) is 5.67. The summed E-state index contributed by atoms with van der Waals surface area (Å²) in [6.45, 7) is 3.10. The van der Waals surface area contributed by atoms with E-state index in [1.807, 2.05) is 0 Å². The van der Waals surface area contributed by atoms with E-state index in [2.05, 4.69) is 10.3 Å². The topological polar surface area (TPSA) is 62.2 Å². The predicted molar refractivity (Wildman–Crippen MR) is 74.8 cm³/mol. The van der Waals surface area contributed by atoms with Crippen LogP contribution in [0.1, 0.15) is 27.3 Å². The third kappa shape index (κ3) is 3.36. The minimum absolute atomic E-state index is 0.00825. The first-order valence-electron chi connectivity index (χ1n) is 6.34. The number of halogens is 3. The molecule has 0 aliphatic rings. The Bertz CT molecular complexity index is 727. The van der Waals surface area contributed by atoms with Gasteiger partial charge in [-0.2, -0.15) is 13.2 Å². The minimum Gasteiger partial charge on any atom is -0.506 e. The van der Waals surface area contributed by atoms with Gasteiger partial charge in [-0.3, -0.25) is 4.79 Å². The lowest BCUT2D eigenvalue weighted by Gasteiger charge is -2.11. The lowest BCUT2D eigenvalue weighted by molar-refractivity contribution is -0.141. The van der Waals surface area contributed by atoms with Gasteiger partial charge in [0.1, 0.15) is 11.4 Å². The van der Waals surface area contributed by atoms with E-state index < -0.39 is 17.8 Å². The second-order valence-electron chi connectivity index (χ2n) is 4.80. The molecule has 22 heavy (non-hydrogen) atoms. The number of phenols is 1. The monoisotopic (exact) mass is 310 g/mol. The number of pyridine rings is 1. The highest BCUT2D eigenvalue weighted by molar-refractivity contribution is 6.05. The molecule has 7 heteroatoms. The van der Waals surface area contributed by atoms with Crippen LogP contribution in [0.3, 0.4) is 0 Å². The van der Waals surface area contributed by atoms with E-state index in [1.54, 1.807) is 19.1 Å². The molecule has 1 amide bonds. The summed E-state index contributed by atoms with van der Waals surface area (Å²) >= 11 is 0. The average Bonchev–Trinajstić information content (AvgIpc) is 2.41. The number of carbonyl (C=O) groups excluding carboxylic acids is 1. The zero-order valence-electron chi connectivity index (χ0n) is 11.8. The lowest BCUT2D eigenvalue weighted by Crippen LogP contribution is -2.16. The minimum atomic E-state index is -4.56. The molecule has 2 N–H and O–H groups in total. The fourth-order valence-corrected chi connectivity index (χ4v) is 1.90. The Kier molecular flexibility index (Phi) is 4.07. The van der Waals surface area contributed by atoms with Crippen molar-refractivity contribution in [2.75, 3.05) is 5.32 Å². The van der Waals surface area contributed by atoms with Crippen molar-refractivity contribution in [3.63, 3.8) is 0 Å². The first-order valence-corrected chi connectivity index (χ1v) is 6.34. The van der Waals surface area contributed by atoms with Crippen LogP contribution in [0.15, 0.2) is 30.3 Å².